The van der Waals surface area contributed by atoms with Gasteiger partial charge in [0.1, 0.15) is 5.75 Å². The van der Waals surface area contributed by atoms with Crippen molar-refractivity contribution in [3.8, 4) is 5.75 Å². The molecule has 0 bridgehead atoms. The minimum atomic E-state index is -0.430. The SMILES string of the molecule is CCCOc1ccc(C(=O)CCc2nc(C3(N)CCC3)no2)cc1.Cl. The van der Waals surface area contributed by atoms with E-state index in [1.54, 1.807) is 12.1 Å². The standard InChI is InChI=1S/C18H23N3O3.ClH/c1-2-12-23-14-6-4-13(5-7-14)15(22)8-9-16-20-17(21-24-16)18(19)10-3-11-18;/h4-7H,2-3,8-12,19H2,1H3;1H. The Morgan fingerprint density at radius 1 is 1.32 bits per heavy atom. The summed E-state index contributed by atoms with van der Waals surface area (Å²) in [5, 5.41) is 3.96. The van der Waals surface area contributed by atoms with Crippen molar-refractivity contribution in [2.24, 2.45) is 5.73 Å². The summed E-state index contributed by atoms with van der Waals surface area (Å²) in [5.74, 6) is 1.86. The molecule has 1 aliphatic rings. The van der Waals surface area contributed by atoms with Crippen molar-refractivity contribution in [2.75, 3.05) is 6.61 Å². The van der Waals surface area contributed by atoms with Crippen molar-refractivity contribution in [1.82, 2.24) is 10.1 Å². The van der Waals surface area contributed by atoms with Gasteiger partial charge in [0.05, 0.1) is 12.1 Å². The first-order valence-corrected chi connectivity index (χ1v) is 8.49. The summed E-state index contributed by atoms with van der Waals surface area (Å²) in [4.78, 5) is 16.6. The first-order valence-electron chi connectivity index (χ1n) is 8.49. The molecule has 0 unspecified atom stereocenters. The van der Waals surface area contributed by atoms with E-state index in [9.17, 15) is 4.79 Å². The second kappa shape index (κ2) is 8.45. The molecule has 0 saturated heterocycles. The normalized spacial score (nSPS) is 15.1. The van der Waals surface area contributed by atoms with Crippen LogP contribution in [0.25, 0.3) is 0 Å². The van der Waals surface area contributed by atoms with Gasteiger partial charge in [-0.05, 0) is 49.9 Å². The average molecular weight is 366 g/mol. The number of rotatable bonds is 8. The Bertz CT molecular complexity index is 696. The second-order valence-corrected chi connectivity index (χ2v) is 6.32. The first kappa shape index (κ1) is 19.4. The van der Waals surface area contributed by atoms with Crippen molar-refractivity contribution in [1.29, 1.82) is 0 Å². The van der Waals surface area contributed by atoms with E-state index in [1.807, 2.05) is 12.1 Å². The van der Waals surface area contributed by atoms with Crippen molar-refractivity contribution < 1.29 is 14.1 Å². The lowest BCUT2D eigenvalue weighted by Crippen LogP contribution is -2.44. The lowest BCUT2D eigenvalue weighted by molar-refractivity contribution is 0.0979. The van der Waals surface area contributed by atoms with Crippen LogP contribution in [0.15, 0.2) is 28.8 Å². The summed E-state index contributed by atoms with van der Waals surface area (Å²) in [6.07, 6.45) is 4.58. The highest BCUT2D eigenvalue weighted by Crippen LogP contribution is 2.36. The third-order valence-corrected chi connectivity index (χ3v) is 4.37. The van der Waals surface area contributed by atoms with Gasteiger partial charge in [0.25, 0.3) is 0 Å². The molecule has 1 aromatic heterocycles. The molecule has 136 valence electrons. The van der Waals surface area contributed by atoms with Crippen LogP contribution in [-0.2, 0) is 12.0 Å². The zero-order chi connectivity index (χ0) is 17.0. The van der Waals surface area contributed by atoms with E-state index in [4.69, 9.17) is 15.0 Å². The maximum Gasteiger partial charge on any atom is 0.227 e. The molecule has 0 atom stereocenters. The fourth-order valence-corrected chi connectivity index (χ4v) is 2.66. The van der Waals surface area contributed by atoms with Gasteiger partial charge in [-0.1, -0.05) is 12.1 Å². The molecule has 1 aromatic carbocycles. The number of ether oxygens (including phenoxy) is 1. The summed E-state index contributed by atoms with van der Waals surface area (Å²) in [6, 6.07) is 7.22. The number of nitrogens with two attached hydrogens (primary N) is 1. The minimum Gasteiger partial charge on any atom is -0.494 e. The Kier molecular flexibility index (Phi) is 6.56. The smallest absolute Gasteiger partial charge is 0.227 e. The monoisotopic (exact) mass is 365 g/mol. The summed E-state index contributed by atoms with van der Waals surface area (Å²) in [6.45, 7) is 2.73. The van der Waals surface area contributed by atoms with Crippen molar-refractivity contribution in [2.45, 2.75) is 51.0 Å². The Hall–Kier alpha value is -1.92. The van der Waals surface area contributed by atoms with Gasteiger partial charge in [0.15, 0.2) is 11.6 Å². The number of hydrogen-bond donors (Lipinski definition) is 1. The molecule has 3 rings (SSSR count). The third-order valence-electron chi connectivity index (χ3n) is 4.37. The quantitative estimate of drug-likeness (QED) is 0.720. The second-order valence-electron chi connectivity index (χ2n) is 6.32. The third kappa shape index (κ3) is 4.58. The number of benzene rings is 1. The van der Waals surface area contributed by atoms with Crippen LogP contribution in [-0.4, -0.2) is 22.5 Å². The predicted octanol–water partition coefficient (Wildman–Crippen LogP) is 3.43. The number of hydrogen-bond acceptors (Lipinski definition) is 6. The number of Topliss-reactive ketones (excluding diaryl/α,β-unsaturated/α-hetero) is 1. The Morgan fingerprint density at radius 2 is 2.04 bits per heavy atom. The molecule has 0 aliphatic heterocycles. The average Bonchev–Trinajstić information content (AvgIpc) is 3.05. The molecule has 2 N–H and O–H groups in total. The lowest BCUT2D eigenvalue weighted by Gasteiger charge is -2.34. The molecule has 1 aliphatic carbocycles. The minimum absolute atomic E-state index is 0. The number of halogens is 1. The summed E-state index contributed by atoms with van der Waals surface area (Å²) >= 11 is 0. The van der Waals surface area contributed by atoms with Crippen LogP contribution in [0.2, 0.25) is 0 Å². The molecule has 25 heavy (non-hydrogen) atoms. The van der Waals surface area contributed by atoms with Crippen LogP contribution >= 0.6 is 12.4 Å². The predicted molar refractivity (Wildman–Crippen MR) is 96.1 cm³/mol. The molecular weight excluding hydrogens is 342 g/mol. The molecule has 1 fully saturated rings. The fraction of sp³-hybridized carbons (Fsp3) is 0.500. The van der Waals surface area contributed by atoms with E-state index in [0.29, 0.717) is 36.7 Å². The Labute approximate surface area is 153 Å². The fourth-order valence-electron chi connectivity index (χ4n) is 2.66. The molecule has 0 amide bonds. The van der Waals surface area contributed by atoms with E-state index in [1.165, 1.54) is 0 Å². The van der Waals surface area contributed by atoms with E-state index in [0.717, 1.165) is 31.4 Å². The number of nitrogens with zero attached hydrogens (tertiary/aromatic N) is 2. The number of carbonyl (C=O) groups excluding carboxylic acids is 1. The van der Waals surface area contributed by atoms with Gasteiger partial charge in [-0.2, -0.15) is 4.98 Å². The van der Waals surface area contributed by atoms with Gasteiger partial charge in [0.2, 0.25) is 5.89 Å². The molecule has 1 saturated carbocycles. The zero-order valence-electron chi connectivity index (χ0n) is 14.4. The molecule has 1 heterocycles. The summed E-state index contributed by atoms with van der Waals surface area (Å²) < 4.78 is 10.7. The number of carbonyl (C=O) groups is 1. The van der Waals surface area contributed by atoms with Crippen LogP contribution < -0.4 is 10.5 Å². The number of aromatic nitrogens is 2. The summed E-state index contributed by atoms with van der Waals surface area (Å²) in [7, 11) is 0. The van der Waals surface area contributed by atoms with Gasteiger partial charge >= 0.3 is 0 Å². The van der Waals surface area contributed by atoms with Crippen LogP contribution in [0.1, 0.15) is 61.1 Å². The topological polar surface area (TPSA) is 91.2 Å². The maximum atomic E-state index is 12.3. The van der Waals surface area contributed by atoms with Crippen LogP contribution in [0.5, 0.6) is 5.75 Å². The van der Waals surface area contributed by atoms with Crippen LogP contribution in [0, 0.1) is 0 Å². The van der Waals surface area contributed by atoms with Crippen LogP contribution in [0.4, 0.5) is 0 Å². The van der Waals surface area contributed by atoms with Crippen molar-refractivity contribution in [3.63, 3.8) is 0 Å². The largest absolute Gasteiger partial charge is 0.494 e. The number of aryl methyl sites for hydroxylation is 1. The van der Waals surface area contributed by atoms with E-state index >= 15 is 0 Å². The maximum absolute atomic E-state index is 12.3. The molecule has 0 radical (unpaired) electrons. The summed E-state index contributed by atoms with van der Waals surface area (Å²) in [5.41, 5.74) is 6.40. The highest BCUT2D eigenvalue weighted by atomic mass is 35.5. The van der Waals surface area contributed by atoms with Crippen LogP contribution in [0.3, 0.4) is 0 Å². The van der Waals surface area contributed by atoms with Crippen molar-refractivity contribution >= 4 is 18.2 Å². The first-order chi connectivity index (χ1) is 11.6. The number of ketones is 1. The van der Waals surface area contributed by atoms with Gasteiger partial charge in [-0.3, -0.25) is 4.79 Å². The van der Waals surface area contributed by atoms with E-state index < -0.39 is 5.54 Å². The molecule has 6 nitrogen and oxygen atoms in total. The highest BCUT2D eigenvalue weighted by Gasteiger charge is 2.38. The zero-order valence-corrected chi connectivity index (χ0v) is 15.2. The molecule has 0 spiro atoms. The molecule has 2 aromatic rings. The Morgan fingerprint density at radius 3 is 2.64 bits per heavy atom. The highest BCUT2D eigenvalue weighted by molar-refractivity contribution is 5.96. The Balaban J connectivity index is 0.00000225. The van der Waals surface area contributed by atoms with Crippen molar-refractivity contribution in [3.05, 3.63) is 41.5 Å². The molecular formula is C18H24ClN3O3. The lowest BCUT2D eigenvalue weighted by atomic mass is 9.77. The molecule has 7 heteroatoms. The van der Waals surface area contributed by atoms with Gasteiger partial charge in [0, 0.05) is 18.4 Å². The van der Waals surface area contributed by atoms with Gasteiger partial charge in [-0.15, -0.1) is 12.4 Å². The van der Waals surface area contributed by atoms with E-state index in [-0.39, 0.29) is 18.2 Å². The van der Waals surface area contributed by atoms with E-state index in [2.05, 4.69) is 17.1 Å². The van der Waals surface area contributed by atoms with Gasteiger partial charge < -0.3 is 15.0 Å². The van der Waals surface area contributed by atoms with Gasteiger partial charge in [-0.25, -0.2) is 0 Å².